The summed E-state index contributed by atoms with van der Waals surface area (Å²) in [6.45, 7) is -0.784. The zero-order chi connectivity index (χ0) is 18.6. The molecule has 0 aliphatic carbocycles. The third-order valence-corrected chi connectivity index (χ3v) is 3.83. The number of alkyl halides is 3. The minimum Gasteiger partial charge on any atom is -0.452 e. The highest BCUT2D eigenvalue weighted by molar-refractivity contribution is 6.43. The standard InChI is InChI=1S/C16H10Cl2F3NO3/c17-11-6-3-4-9(14(11)18)15(24)25-8-13(23)22-12-7-2-1-5-10(12)16(19,20)21/h1-7H,8H2,(H,22,23). The largest absolute Gasteiger partial charge is 0.452 e. The predicted molar refractivity (Wildman–Crippen MR) is 86.8 cm³/mol. The lowest BCUT2D eigenvalue weighted by atomic mass is 10.1. The van der Waals surface area contributed by atoms with Crippen molar-refractivity contribution in [1.29, 1.82) is 0 Å². The van der Waals surface area contributed by atoms with Gasteiger partial charge in [0.15, 0.2) is 6.61 Å². The molecule has 25 heavy (non-hydrogen) atoms. The number of anilines is 1. The Bertz CT molecular complexity index is 809. The van der Waals surface area contributed by atoms with E-state index in [-0.39, 0.29) is 15.6 Å². The van der Waals surface area contributed by atoms with Crippen molar-refractivity contribution in [3.8, 4) is 0 Å². The Hall–Kier alpha value is -2.25. The average molecular weight is 392 g/mol. The van der Waals surface area contributed by atoms with Gasteiger partial charge in [-0.1, -0.05) is 41.4 Å². The first-order chi connectivity index (χ1) is 11.7. The van der Waals surface area contributed by atoms with Gasteiger partial charge in [0.05, 0.1) is 26.9 Å². The highest BCUT2D eigenvalue weighted by Gasteiger charge is 2.33. The third-order valence-electron chi connectivity index (χ3n) is 3.01. The lowest BCUT2D eigenvalue weighted by Crippen LogP contribution is -2.22. The number of carbonyl (C=O) groups excluding carboxylic acids is 2. The second-order valence-corrected chi connectivity index (χ2v) is 5.55. The van der Waals surface area contributed by atoms with E-state index in [1.807, 2.05) is 0 Å². The SMILES string of the molecule is O=C(COC(=O)c1cccc(Cl)c1Cl)Nc1ccccc1C(F)(F)F. The summed E-state index contributed by atoms with van der Waals surface area (Å²) in [4.78, 5) is 23.6. The molecule has 4 nitrogen and oxygen atoms in total. The van der Waals surface area contributed by atoms with Crippen LogP contribution >= 0.6 is 23.2 Å². The van der Waals surface area contributed by atoms with Gasteiger partial charge in [-0.15, -0.1) is 0 Å². The van der Waals surface area contributed by atoms with Crippen molar-refractivity contribution in [2.45, 2.75) is 6.18 Å². The Labute approximate surface area is 150 Å². The number of benzene rings is 2. The van der Waals surface area contributed by atoms with E-state index in [2.05, 4.69) is 5.32 Å². The number of halogens is 5. The molecule has 1 N–H and O–H groups in total. The van der Waals surface area contributed by atoms with E-state index in [1.54, 1.807) is 0 Å². The number of carbonyl (C=O) groups is 2. The fourth-order valence-electron chi connectivity index (χ4n) is 1.90. The fraction of sp³-hybridized carbons (Fsp3) is 0.125. The van der Waals surface area contributed by atoms with Gasteiger partial charge in [-0.25, -0.2) is 4.79 Å². The molecule has 0 saturated heterocycles. The number of para-hydroxylation sites is 1. The maximum Gasteiger partial charge on any atom is 0.418 e. The monoisotopic (exact) mass is 391 g/mol. The van der Waals surface area contributed by atoms with Gasteiger partial charge in [-0.05, 0) is 24.3 Å². The summed E-state index contributed by atoms with van der Waals surface area (Å²) in [7, 11) is 0. The van der Waals surface area contributed by atoms with Crippen LogP contribution in [0.4, 0.5) is 18.9 Å². The molecule has 2 aromatic rings. The van der Waals surface area contributed by atoms with Crippen LogP contribution in [-0.4, -0.2) is 18.5 Å². The molecule has 2 aromatic carbocycles. The van der Waals surface area contributed by atoms with Crippen molar-refractivity contribution >= 4 is 40.8 Å². The van der Waals surface area contributed by atoms with Crippen LogP contribution in [0.2, 0.25) is 10.0 Å². The molecule has 0 bridgehead atoms. The molecule has 0 saturated carbocycles. The van der Waals surface area contributed by atoms with Crippen molar-refractivity contribution in [2.24, 2.45) is 0 Å². The quantitative estimate of drug-likeness (QED) is 0.761. The van der Waals surface area contributed by atoms with Crippen molar-refractivity contribution < 1.29 is 27.5 Å². The number of esters is 1. The number of nitrogens with one attached hydrogen (secondary N) is 1. The predicted octanol–water partition coefficient (Wildman–Crippen LogP) is 4.81. The molecule has 2 rings (SSSR count). The first-order valence-electron chi connectivity index (χ1n) is 6.77. The van der Waals surface area contributed by atoms with E-state index in [1.165, 1.54) is 30.3 Å². The van der Waals surface area contributed by atoms with Gasteiger partial charge >= 0.3 is 12.1 Å². The molecule has 9 heteroatoms. The molecule has 132 valence electrons. The molecule has 0 atom stereocenters. The molecule has 0 unspecified atom stereocenters. The van der Waals surface area contributed by atoms with Crippen LogP contribution in [0.5, 0.6) is 0 Å². The molecular formula is C16H10Cl2F3NO3. The minimum atomic E-state index is -4.63. The summed E-state index contributed by atoms with van der Waals surface area (Å²) in [6.07, 6.45) is -4.63. The van der Waals surface area contributed by atoms with Crippen LogP contribution in [0.1, 0.15) is 15.9 Å². The van der Waals surface area contributed by atoms with E-state index < -0.39 is 35.9 Å². The molecule has 0 aliphatic rings. The van der Waals surface area contributed by atoms with E-state index in [0.29, 0.717) is 0 Å². The third kappa shape index (κ3) is 4.87. The van der Waals surface area contributed by atoms with Gasteiger partial charge in [0.1, 0.15) is 0 Å². The van der Waals surface area contributed by atoms with Gasteiger partial charge in [-0.3, -0.25) is 4.79 Å². The Morgan fingerprint density at radius 3 is 2.40 bits per heavy atom. The molecule has 1 amide bonds. The van der Waals surface area contributed by atoms with E-state index >= 15 is 0 Å². The molecule has 0 aliphatic heterocycles. The van der Waals surface area contributed by atoms with Gasteiger partial charge in [0.25, 0.3) is 5.91 Å². The first kappa shape index (κ1) is 19.1. The number of hydrogen-bond acceptors (Lipinski definition) is 3. The first-order valence-corrected chi connectivity index (χ1v) is 7.53. The minimum absolute atomic E-state index is 0.0445. The molecule has 0 spiro atoms. The zero-order valence-corrected chi connectivity index (χ0v) is 13.9. The summed E-state index contributed by atoms with van der Waals surface area (Å²) in [5.74, 6) is -1.85. The van der Waals surface area contributed by atoms with Crippen molar-refractivity contribution in [1.82, 2.24) is 0 Å². The fourth-order valence-corrected chi connectivity index (χ4v) is 2.27. The molecule has 0 heterocycles. The van der Waals surface area contributed by atoms with Crippen LogP contribution in [-0.2, 0) is 15.7 Å². The van der Waals surface area contributed by atoms with Crippen LogP contribution in [0.25, 0.3) is 0 Å². The second-order valence-electron chi connectivity index (χ2n) is 4.77. The second kappa shape index (κ2) is 7.76. The van der Waals surface area contributed by atoms with Crippen molar-refractivity contribution in [2.75, 3.05) is 11.9 Å². The topological polar surface area (TPSA) is 55.4 Å². The number of ether oxygens (including phenoxy) is 1. The summed E-state index contributed by atoms with van der Waals surface area (Å²) in [5, 5.41) is 2.13. The normalized spacial score (nSPS) is 11.1. The van der Waals surface area contributed by atoms with E-state index in [0.717, 1.165) is 12.1 Å². The smallest absolute Gasteiger partial charge is 0.418 e. The lowest BCUT2D eigenvalue weighted by molar-refractivity contribution is -0.137. The summed E-state index contributed by atoms with van der Waals surface area (Å²) in [6, 6.07) is 8.71. The van der Waals surface area contributed by atoms with Crippen LogP contribution in [0, 0.1) is 0 Å². The summed E-state index contributed by atoms with van der Waals surface area (Å²) in [5.41, 5.74) is -1.50. The van der Waals surface area contributed by atoms with E-state index in [4.69, 9.17) is 27.9 Å². The number of rotatable bonds is 4. The number of amides is 1. The maximum atomic E-state index is 12.9. The van der Waals surface area contributed by atoms with Gasteiger partial charge in [0.2, 0.25) is 0 Å². The molecule has 0 radical (unpaired) electrons. The van der Waals surface area contributed by atoms with Crippen LogP contribution < -0.4 is 5.32 Å². The van der Waals surface area contributed by atoms with Crippen LogP contribution in [0.15, 0.2) is 42.5 Å². The maximum absolute atomic E-state index is 12.9. The summed E-state index contributed by atoms with van der Waals surface area (Å²) < 4.78 is 43.3. The molecule has 0 aromatic heterocycles. The Morgan fingerprint density at radius 2 is 1.72 bits per heavy atom. The summed E-state index contributed by atoms with van der Waals surface area (Å²) >= 11 is 11.6. The van der Waals surface area contributed by atoms with Gasteiger partial charge < -0.3 is 10.1 Å². The van der Waals surface area contributed by atoms with Crippen molar-refractivity contribution in [3.63, 3.8) is 0 Å². The Morgan fingerprint density at radius 1 is 1.04 bits per heavy atom. The van der Waals surface area contributed by atoms with Crippen LogP contribution in [0.3, 0.4) is 0 Å². The Balaban J connectivity index is 2.02. The lowest BCUT2D eigenvalue weighted by Gasteiger charge is -2.13. The van der Waals surface area contributed by atoms with Crippen molar-refractivity contribution in [3.05, 3.63) is 63.6 Å². The highest BCUT2D eigenvalue weighted by Crippen LogP contribution is 2.34. The number of hydrogen-bond donors (Lipinski definition) is 1. The highest BCUT2D eigenvalue weighted by atomic mass is 35.5. The van der Waals surface area contributed by atoms with Gasteiger partial charge in [0, 0.05) is 0 Å². The zero-order valence-electron chi connectivity index (χ0n) is 12.4. The Kier molecular flexibility index (Phi) is 5.92. The van der Waals surface area contributed by atoms with E-state index in [9.17, 15) is 22.8 Å². The molecule has 0 fully saturated rings. The van der Waals surface area contributed by atoms with Gasteiger partial charge in [-0.2, -0.15) is 13.2 Å². The average Bonchev–Trinajstić information content (AvgIpc) is 2.54. The molecular weight excluding hydrogens is 382 g/mol.